The van der Waals surface area contributed by atoms with Crippen LogP contribution in [-0.4, -0.2) is 15.0 Å². The van der Waals surface area contributed by atoms with Gasteiger partial charge in [0.1, 0.15) is 0 Å². The lowest BCUT2D eigenvalue weighted by Gasteiger charge is -2.63. The van der Waals surface area contributed by atoms with E-state index in [1.54, 1.807) is 0 Å². The quantitative estimate of drug-likeness (QED) is 0.157. The SMILES string of the molecule is Cc1cc(-c2ccc(C34CC5CC(CC(c6ccc(-c7ccc(CC#N)cc7)cc6)(C5)C3)C4)cc2)ccc1-c1nc(-c2ccccc2)nc(-c2ccccc2)n1. The van der Waals surface area contributed by atoms with Crippen LogP contribution in [0.5, 0.6) is 0 Å². The highest BCUT2D eigenvalue weighted by Gasteiger charge is 2.58. The standard InChI is InChI=1S/C52H44N4/c1-35-28-44(20-25-47(35)50-55-48(42-8-4-2-5-9-42)54-49(56-50)43-10-6-3-7-11-43)41-18-23-46(24-19-41)52-32-37-29-38(33-52)31-51(30-37,34-52)45-21-16-40(17-22-45)39-14-12-36(13-15-39)26-27-53/h2-25,28,37-38H,26,29-34H2,1H3. The highest BCUT2D eigenvalue weighted by molar-refractivity contribution is 5.73. The largest absolute Gasteiger partial charge is 0.208 e. The van der Waals surface area contributed by atoms with Crippen molar-refractivity contribution in [3.63, 3.8) is 0 Å². The van der Waals surface area contributed by atoms with Crippen LogP contribution in [0.2, 0.25) is 0 Å². The monoisotopic (exact) mass is 724 g/mol. The third-order valence-electron chi connectivity index (χ3n) is 13.1. The van der Waals surface area contributed by atoms with Crippen LogP contribution in [-0.2, 0) is 17.3 Å². The summed E-state index contributed by atoms with van der Waals surface area (Å²) in [5.41, 5.74) is 13.6. The van der Waals surface area contributed by atoms with Gasteiger partial charge in [-0.15, -0.1) is 0 Å². The van der Waals surface area contributed by atoms with E-state index in [-0.39, 0.29) is 10.8 Å². The van der Waals surface area contributed by atoms with Gasteiger partial charge in [0, 0.05) is 16.7 Å². The minimum Gasteiger partial charge on any atom is -0.208 e. The third-order valence-corrected chi connectivity index (χ3v) is 13.1. The summed E-state index contributed by atoms with van der Waals surface area (Å²) in [6, 6.07) is 56.8. The zero-order valence-corrected chi connectivity index (χ0v) is 31.8. The smallest absolute Gasteiger partial charge is 0.164 e. The molecule has 4 aliphatic carbocycles. The minimum atomic E-state index is 0.239. The topological polar surface area (TPSA) is 62.5 Å². The summed E-state index contributed by atoms with van der Waals surface area (Å²) in [4.78, 5) is 14.9. The molecule has 1 aromatic heterocycles. The van der Waals surface area contributed by atoms with Gasteiger partial charge in [-0.3, -0.25) is 0 Å². The number of hydrogen-bond donors (Lipinski definition) is 0. The second-order valence-electron chi connectivity index (χ2n) is 16.8. The first-order chi connectivity index (χ1) is 27.5. The van der Waals surface area contributed by atoms with Crippen LogP contribution in [0.1, 0.15) is 60.8 Å². The highest BCUT2D eigenvalue weighted by atomic mass is 15.0. The van der Waals surface area contributed by atoms with E-state index in [0.717, 1.165) is 39.7 Å². The van der Waals surface area contributed by atoms with Gasteiger partial charge in [0.05, 0.1) is 12.5 Å². The van der Waals surface area contributed by atoms with Crippen LogP contribution in [0.4, 0.5) is 0 Å². The average molecular weight is 725 g/mol. The molecule has 0 aliphatic heterocycles. The molecule has 272 valence electrons. The summed E-state index contributed by atoms with van der Waals surface area (Å²) in [5, 5.41) is 9.06. The first-order valence-electron chi connectivity index (χ1n) is 20.1. The molecule has 0 radical (unpaired) electrons. The molecule has 4 aliphatic rings. The van der Waals surface area contributed by atoms with Gasteiger partial charge in [0.2, 0.25) is 0 Å². The maximum atomic E-state index is 9.06. The van der Waals surface area contributed by atoms with Gasteiger partial charge in [-0.2, -0.15) is 5.26 Å². The van der Waals surface area contributed by atoms with Crippen LogP contribution in [0.3, 0.4) is 0 Å². The fourth-order valence-corrected chi connectivity index (χ4v) is 10.9. The number of rotatable bonds is 8. The van der Waals surface area contributed by atoms with Crippen molar-refractivity contribution in [1.29, 1.82) is 5.26 Å². The first kappa shape index (κ1) is 34.3. The molecule has 0 spiro atoms. The number of nitriles is 1. The van der Waals surface area contributed by atoms with Crippen LogP contribution in [0, 0.1) is 30.1 Å². The van der Waals surface area contributed by atoms with E-state index in [0.29, 0.717) is 23.9 Å². The Morgan fingerprint density at radius 1 is 0.518 bits per heavy atom. The van der Waals surface area contributed by atoms with Gasteiger partial charge < -0.3 is 0 Å². The molecule has 4 heteroatoms. The van der Waals surface area contributed by atoms with Crippen molar-refractivity contribution in [2.24, 2.45) is 11.8 Å². The van der Waals surface area contributed by atoms with E-state index in [1.807, 2.05) is 36.4 Å². The maximum absolute atomic E-state index is 9.06. The Morgan fingerprint density at radius 3 is 1.45 bits per heavy atom. The van der Waals surface area contributed by atoms with Crippen molar-refractivity contribution in [2.45, 2.75) is 62.7 Å². The van der Waals surface area contributed by atoms with E-state index >= 15 is 0 Å². The van der Waals surface area contributed by atoms with Crippen molar-refractivity contribution >= 4 is 0 Å². The van der Waals surface area contributed by atoms with Gasteiger partial charge in [0.15, 0.2) is 17.5 Å². The van der Waals surface area contributed by atoms with Crippen molar-refractivity contribution in [3.05, 3.63) is 174 Å². The Hall–Kier alpha value is -6.18. The van der Waals surface area contributed by atoms with Gasteiger partial charge in [-0.1, -0.05) is 152 Å². The molecular formula is C52H44N4. The van der Waals surface area contributed by atoms with Crippen LogP contribution >= 0.6 is 0 Å². The molecule has 4 saturated carbocycles. The Balaban J connectivity index is 0.919. The predicted octanol–water partition coefficient (Wildman–Crippen LogP) is 12.4. The summed E-state index contributed by atoms with van der Waals surface area (Å²) in [5.74, 6) is 3.62. The molecule has 0 saturated heterocycles. The van der Waals surface area contributed by atoms with Gasteiger partial charge >= 0.3 is 0 Å². The van der Waals surface area contributed by atoms with E-state index in [2.05, 4.69) is 128 Å². The number of aromatic nitrogens is 3. The molecule has 6 aromatic carbocycles. The number of benzene rings is 6. The Morgan fingerprint density at radius 2 is 0.964 bits per heavy atom. The minimum absolute atomic E-state index is 0.239. The number of nitrogens with zero attached hydrogens (tertiary/aromatic N) is 4. The predicted molar refractivity (Wildman–Crippen MR) is 226 cm³/mol. The molecule has 2 atom stereocenters. The van der Waals surface area contributed by atoms with Crippen molar-refractivity contribution < 1.29 is 0 Å². The maximum Gasteiger partial charge on any atom is 0.164 e. The molecule has 4 nitrogen and oxygen atoms in total. The highest BCUT2D eigenvalue weighted by Crippen LogP contribution is 2.66. The fraction of sp³-hybridized carbons (Fsp3) is 0.231. The molecule has 56 heavy (non-hydrogen) atoms. The second-order valence-corrected chi connectivity index (χ2v) is 16.8. The first-order valence-corrected chi connectivity index (χ1v) is 20.1. The molecule has 4 fully saturated rings. The molecule has 7 aromatic rings. The lowest BCUT2D eigenvalue weighted by molar-refractivity contribution is -0.0281. The average Bonchev–Trinajstić information content (AvgIpc) is 3.24. The van der Waals surface area contributed by atoms with Gasteiger partial charge in [0.25, 0.3) is 0 Å². The molecular weight excluding hydrogens is 681 g/mol. The third kappa shape index (κ3) is 6.22. The molecule has 1 heterocycles. The van der Waals surface area contributed by atoms with E-state index in [4.69, 9.17) is 20.2 Å². The van der Waals surface area contributed by atoms with Crippen molar-refractivity contribution in [2.75, 3.05) is 0 Å². The Bertz CT molecular complexity index is 2500. The molecule has 0 amide bonds. The van der Waals surface area contributed by atoms with E-state index < -0.39 is 0 Å². The van der Waals surface area contributed by atoms with E-state index in [9.17, 15) is 0 Å². The Kier molecular flexibility index (Phi) is 8.48. The van der Waals surface area contributed by atoms with Crippen LogP contribution in [0.15, 0.2) is 152 Å². The van der Waals surface area contributed by atoms with Crippen molar-refractivity contribution in [1.82, 2.24) is 15.0 Å². The normalized spacial score (nSPS) is 22.1. The second kappa shape index (κ2) is 13.8. The van der Waals surface area contributed by atoms with Gasteiger partial charge in [-0.05, 0) is 113 Å². The fourth-order valence-electron chi connectivity index (χ4n) is 10.9. The molecule has 4 bridgehead atoms. The molecule has 2 unspecified atom stereocenters. The molecule has 11 rings (SSSR count). The number of hydrogen-bond acceptors (Lipinski definition) is 4. The Labute approximate surface area is 330 Å². The van der Waals surface area contributed by atoms with Gasteiger partial charge in [-0.25, -0.2) is 15.0 Å². The van der Waals surface area contributed by atoms with Crippen LogP contribution in [0.25, 0.3) is 56.4 Å². The summed E-state index contributed by atoms with van der Waals surface area (Å²) < 4.78 is 0. The summed E-state index contributed by atoms with van der Waals surface area (Å²) in [6.07, 6.45) is 8.35. The van der Waals surface area contributed by atoms with Crippen LogP contribution < -0.4 is 0 Å². The number of aryl methyl sites for hydroxylation is 1. The molecule has 0 N–H and O–H groups in total. The lowest BCUT2D eigenvalue weighted by atomic mass is 9.41. The zero-order valence-electron chi connectivity index (χ0n) is 31.8. The summed E-state index contributed by atoms with van der Waals surface area (Å²) in [7, 11) is 0. The van der Waals surface area contributed by atoms with E-state index in [1.165, 1.54) is 71.9 Å². The summed E-state index contributed by atoms with van der Waals surface area (Å²) >= 11 is 0. The lowest BCUT2D eigenvalue weighted by Crippen LogP contribution is -2.55. The van der Waals surface area contributed by atoms with Crippen molar-refractivity contribution in [3.8, 4) is 62.5 Å². The zero-order chi connectivity index (χ0) is 37.7. The summed E-state index contributed by atoms with van der Waals surface area (Å²) in [6.45, 7) is 2.16.